The molecular weight excluding hydrogens is 316 g/mol. The Labute approximate surface area is 148 Å². The molecule has 1 aliphatic carbocycles. The number of hydrogen-bond acceptors (Lipinski definition) is 5. The van der Waals surface area contributed by atoms with E-state index in [9.17, 15) is 0 Å². The van der Waals surface area contributed by atoms with Crippen molar-refractivity contribution in [1.82, 2.24) is 19.9 Å². The van der Waals surface area contributed by atoms with Crippen LogP contribution in [0.1, 0.15) is 35.7 Å². The summed E-state index contributed by atoms with van der Waals surface area (Å²) in [6, 6.07) is 8.29. The zero-order valence-corrected chi connectivity index (χ0v) is 15.0. The summed E-state index contributed by atoms with van der Waals surface area (Å²) in [6.07, 6.45) is 2.65. The zero-order valence-electron chi connectivity index (χ0n) is 15.0. The van der Waals surface area contributed by atoms with E-state index in [1.165, 1.54) is 24.1 Å². The first kappa shape index (κ1) is 16.5. The molecule has 2 aromatic rings. The summed E-state index contributed by atoms with van der Waals surface area (Å²) >= 11 is 0. The molecule has 2 heterocycles. The van der Waals surface area contributed by atoms with Gasteiger partial charge in [0.25, 0.3) is 0 Å². The van der Waals surface area contributed by atoms with Gasteiger partial charge in [0.2, 0.25) is 0 Å². The maximum absolute atomic E-state index is 6.00. The minimum Gasteiger partial charge on any atom is -0.497 e. The fourth-order valence-electron chi connectivity index (χ4n) is 3.60. The highest BCUT2D eigenvalue weighted by Crippen LogP contribution is 2.31. The summed E-state index contributed by atoms with van der Waals surface area (Å²) in [7, 11) is 3.68. The first-order valence-electron chi connectivity index (χ1n) is 9.04. The molecule has 0 spiro atoms. The number of fused-ring (bicyclic) bond motifs is 1. The Balaban J connectivity index is 1.44. The molecule has 1 saturated carbocycles. The van der Waals surface area contributed by atoms with Gasteiger partial charge >= 0.3 is 0 Å². The molecule has 134 valence electrons. The van der Waals surface area contributed by atoms with Crippen molar-refractivity contribution in [2.24, 2.45) is 13.0 Å². The summed E-state index contributed by atoms with van der Waals surface area (Å²) in [5.74, 6) is 2.02. The van der Waals surface area contributed by atoms with Gasteiger partial charge in [-0.1, -0.05) is 17.3 Å². The van der Waals surface area contributed by atoms with Crippen LogP contribution in [0.15, 0.2) is 24.3 Å². The predicted octanol–water partition coefficient (Wildman–Crippen LogP) is 2.35. The fourth-order valence-corrected chi connectivity index (χ4v) is 3.60. The minimum atomic E-state index is 0.334. The summed E-state index contributed by atoms with van der Waals surface area (Å²) in [6.45, 7) is 4.37. The molecule has 25 heavy (non-hydrogen) atoms. The van der Waals surface area contributed by atoms with Crippen LogP contribution in [0.4, 0.5) is 0 Å². The standard InChI is InChI=1S/C19H26N4O2/c1-22-19-16(13-25-12-15-3-4-15)10-23(11-18(19)20-21-22)9-14-5-7-17(24-2)8-6-14/h5-8,15-16H,3-4,9-13H2,1-2H3/t16-/m0/s1. The van der Waals surface area contributed by atoms with Gasteiger partial charge in [0.15, 0.2) is 0 Å². The SMILES string of the molecule is COc1ccc(CN2Cc3nnn(C)c3[C@H](COCC3CC3)C2)cc1. The van der Waals surface area contributed by atoms with Crippen molar-refractivity contribution >= 4 is 0 Å². The lowest BCUT2D eigenvalue weighted by Gasteiger charge is -2.32. The quantitative estimate of drug-likeness (QED) is 0.773. The Morgan fingerprint density at radius 3 is 2.68 bits per heavy atom. The summed E-state index contributed by atoms with van der Waals surface area (Å²) in [5.41, 5.74) is 3.61. The van der Waals surface area contributed by atoms with Crippen LogP contribution in [0, 0.1) is 5.92 Å². The number of nitrogens with zero attached hydrogens (tertiary/aromatic N) is 4. The summed E-state index contributed by atoms with van der Waals surface area (Å²) in [5, 5.41) is 8.61. The second kappa shape index (κ2) is 7.14. The maximum atomic E-state index is 6.00. The summed E-state index contributed by atoms with van der Waals surface area (Å²) < 4.78 is 13.2. The van der Waals surface area contributed by atoms with E-state index in [-0.39, 0.29) is 0 Å². The fraction of sp³-hybridized carbons (Fsp3) is 0.579. The van der Waals surface area contributed by atoms with Crippen LogP contribution in [0.5, 0.6) is 5.75 Å². The van der Waals surface area contributed by atoms with Crippen molar-refractivity contribution in [1.29, 1.82) is 0 Å². The lowest BCUT2D eigenvalue weighted by molar-refractivity contribution is 0.0866. The molecule has 2 aliphatic rings. The van der Waals surface area contributed by atoms with Gasteiger partial charge < -0.3 is 9.47 Å². The largest absolute Gasteiger partial charge is 0.497 e. The minimum absolute atomic E-state index is 0.334. The normalized spacial score (nSPS) is 20.5. The number of ether oxygens (including phenoxy) is 2. The Bertz CT molecular complexity index is 709. The number of methoxy groups -OCH3 is 1. The second-order valence-corrected chi connectivity index (χ2v) is 7.24. The Hall–Kier alpha value is -1.92. The molecule has 0 unspecified atom stereocenters. The zero-order chi connectivity index (χ0) is 17.2. The number of aromatic nitrogens is 3. The highest BCUT2D eigenvalue weighted by molar-refractivity contribution is 5.27. The highest BCUT2D eigenvalue weighted by atomic mass is 16.5. The van der Waals surface area contributed by atoms with Crippen LogP contribution in [-0.4, -0.2) is 46.8 Å². The molecule has 0 amide bonds. The molecule has 0 saturated heterocycles. The first-order chi connectivity index (χ1) is 12.2. The van der Waals surface area contributed by atoms with Crippen LogP contribution < -0.4 is 4.74 Å². The van der Waals surface area contributed by atoms with Crippen LogP contribution >= 0.6 is 0 Å². The van der Waals surface area contributed by atoms with E-state index in [0.29, 0.717) is 5.92 Å². The van der Waals surface area contributed by atoms with E-state index < -0.39 is 0 Å². The highest BCUT2D eigenvalue weighted by Gasteiger charge is 2.31. The van der Waals surface area contributed by atoms with Crippen molar-refractivity contribution in [3.8, 4) is 5.75 Å². The molecule has 1 aromatic carbocycles. The van der Waals surface area contributed by atoms with E-state index >= 15 is 0 Å². The molecule has 4 rings (SSSR count). The van der Waals surface area contributed by atoms with E-state index in [2.05, 4.69) is 27.3 Å². The smallest absolute Gasteiger partial charge is 0.118 e. The van der Waals surface area contributed by atoms with E-state index in [1.807, 2.05) is 23.9 Å². The third-order valence-electron chi connectivity index (χ3n) is 5.12. The Kier molecular flexibility index (Phi) is 4.72. The van der Waals surface area contributed by atoms with E-state index in [0.717, 1.165) is 50.2 Å². The maximum Gasteiger partial charge on any atom is 0.118 e. The van der Waals surface area contributed by atoms with Gasteiger partial charge in [-0.15, -0.1) is 5.10 Å². The van der Waals surface area contributed by atoms with Crippen molar-refractivity contribution in [3.63, 3.8) is 0 Å². The molecule has 0 bridgehead atoms. The molecule has 1 aromatic heterocycles. The van der Waals surface area contributed by atoms with Gasteiger partial charge in [-0.05, 0) is 36.5 Å². The van der Waals surface area contributed by atoms with Crippen molar-refractivity contribution in [2.45, 2.75) is 31.8 Å². The van der Waals surface area contributed by atoms with E-state index in [1.54, 1.807) is 7.11 Å². The van der Waals surface area contributed by atoms with Gasteiger partial charge in [-0.2, -0.15) is 0 Å². The monoisotopic (exact) mass is 342 g/mol. The van der Waals surface area contributed by atoms with Crippen LogP contribution in [-0.2, 0) is 24.9 Å². The molecular formula is C19H26N4O2. The first-order valence-corrected chi connectivity index (χ1v) is 9.04. The van der Waals surface area contributed by atoms with Gasteiger partial charge in [0.1, 0.15) is 11.4 Å². The Morgan fingerprint density at radius 1 is 1.16 bits per heavy atom. The van der Waals surface area contributed by atoms with Gasteiger partial charge in [0, 0.05) is 39.2 Å². The molecule has 0 N–H and O–H groups in total. The molecule has 1 aliphatic heterocycles. The van der Waals surface area contributed by atoms with Crippen LogP contribution in [0.3, 0.4) is 0 Å². The lowest BCUT2D eigenvalue weighted by Crippen LogP contribution is -2.36. The van der Waals surface area contributed by atoms with E-state index in [4.69, 9.17) is 9.47 Å². The Morgan fingerprint density at radius 2 is 1.96 bits per heavy atom. The molecule has 1 atom stereocenters. The van der Waals surface area contributed by atoms with Crippen molar-refractivity contribution in [2.75, 3.05) is 26.9 Å². The topological polar surface area (TPSA) is 52.4 Å². The average molecular weight is 342 g/mol. The van der Waals surface area contributed by atoms with Gasteiger partial charge in [-0.25, -0.2) is 0 Å². The third kappa shape index (κ3) is 3.85. The second-order valence-electron chi connectivity index (χ2n) is 7.24. The van der Waals surface area contributed by atoms with Gasteiger partial charge in [-0.3, -0.25) is 9.58 Å². The van der Waals surface area contributed by atoms with Crippen molar-refractivity contribution in [3.05, 3.63) is 41.2 Å². The average Bonchev–Trinajstić information content (AvgIpc) is 3.37. The molecule has 6 nitrogen and oxygen atoms in total. The van der Waals surface area contributed by atoms with Crippen molar-refractivity contribution < 1.29 is 9.47 Å². The predicted molar refractivity (Wildman–Crippen MR) is 94.4 cm³/mol. The number of rotatable bonds is 7. The van der Waals surface area contributed by atoms with Crippen LogP contribution in [0.25, 0.3) is 0 Å². The van der Waals surface area contributed by atoms with Gasteiger partial charge in [0.05, 0.1) is 19.4 Å². The number of benzene rings is 1. The molecule has 1 fully saturated rings. The number of aryl methyl sites for hydroxylation is 1. The summed E-state index contributed by atoms with van der Waals surface area (Å²) in [4.78, 5) is 2.43. The third-order valence-corrected chi connectivity index (χ3v) is 5.12. The molecule has 0 radical (unpaired) electrons. The molecule has 6 heteroatoms. The number of hydrogen-bond donors (Lipinski definition) is 0. The lowest BCUT2D eigenvalue weighted by atomic mass is 9.98. The van der Waals surface area contributed by atoms with Crippen LogP contribution in [0.2, 0.25) is 0 Å².